The van der Waals surface area contributed by atoms with E-state index in [1.807, 2.05) is 12.3 Å². The predicted octanol–water partition coefficient (Wildman–Crippen LogP) is 2.86. The maximum atomic E-state index is 3.95. The highest BCUT2D eigenvalue weighted by molar-refractivity contribution is 4.96. The van der Waals surface area contributed by atoms with Gasteiger partial charge in [0.25, 0.3) is 0 Å². The molecule has 16 heavy (non-hydrogen) atoms. The lowest BCUT2D eigenvalue weighted by Crippen LogP contribution is -2.23. The van der Waals surface area contributed by atoms with Gasteiger partial charge in [-0.15, -0.1) is 0 Å². The van der Waals surface area contributed by atoms with E-state index < -0.39 is 0 Å². The van der Waals surface area contributed by atoms with Crippen LogP contribution in [-0.2, 0) is 6.54 Å². The summed E-state index contributed by atoms with van der Waals surface area (Å²) >= 11 is 0. The highest BCUT2D eigenvalue weighted by Gasteiger charge is 2.10. The lowest BCUT2D eigenvalue weighted by atomic mass is 9.91. The number of hydrogen-bond donors (Lipinski definition) is 2. The molecule has 0 spiro atoms. The lowest BCUT2D eigenvalue weighted by Gasteiger charge is -2.19. The second-order valence-corrected chi connectivity index (χ2v) is 4.92. The molecule has 0 aliphatic heterocycles. The zero-order valence-corrected chi connectivity index (χ0v) is 10.0. The van der Waals surface area contributed by atoms with Crippen LogP contribution in [0.25, 0.3) is 0 Å². The molecule has 0 atom stereocenters. The third-order valence-electron chi connectivity index (χ3n) is 3.53. The fraction of sp³-hybridized carbons (Fsp3) is 0.769. The van der Waals surface area contributed by atoms with E-state index in [1.54, 1.807) is 0 Å². The van der Waals surface area contributed by atoms with E-state index in [0.717, 1.165) is 12.5 Å². The summed E-state index contributed by atoms with van der Waals surface area (Å²) in [4.78, 5) is 0. The van der Waals surface area contributed by atoms with Crippen molar-refractivity contribution in [3.8, 4) is 0 Å². The van der Waals surface area contributed by atoms with Crippen LogP contribution >= 0.6 is 0 Å². The molecule has 0 bridgehead atoms. The molecule has 1 aromatic rings. The van der Waals surface area contributed by atoms with Crippen LogP contribution in [0.15, 0.2) is 12.3 Å². The second-order valence-electron chi connectivity index (χ2n) is 4.92. The Morgan fingerprint density at radius 3 is 2.62 bits per heavy atom. The number of nitrogens with one attached hydrogen (secondary N) is 2. The quantitative estimate of drug-likeness (QED) is 0.820. The van der Waals surface area contributed by atoms with Crippen molar-refractivity contribution in [3.05, 3.63) is 18.0 Å². The van der Waals surface area contributed by atoms with Gasteiger partial charge < -0.3 is 5.32 Å². The molecule has 1 aliphatic carbocycles. The molecule has 1 fully saturated rings. The van der Waals surface area contributed by atoms with Gasteiger partial charge in [0.15, 0.2) is 0 Å². The smallest absolute Gasteiger partial charge is 0.0490 e. The third kappa shape index (κ3) is 3.97. The molecule has 0 aromatic carbocycles. The van der Waals surface area contributed by atoms with E-state index in [0.29, 0.717) is 0 Å². The van der Waals surface area contributed by atoms with Crippen molar-refractivity contribution in [3.63, 3.8) is 0 Å². The zero-order valence-electron chi connectivity index (χ0n) is 10.0. The van der Waals surface area contributed by atoms with Crippen LogP contribution in [0, 0.1) is 5.92 Å². The molecule has 1 heterocycles. The Balaban J connectivity index is 1.64. The van der Waals surface area contributed by atoms with Crippen LogP contribution in [0.3, 0.4) is 0 Å². The molecule has 1 aromatic heterocycles. The standard InChI is InChI=1S/C13H23N3/c1-2-4-6-12(7-5-3-1)10-14-11-13-8-9-15-16-13/h8-9,12,14H,1-7,10-11H2,(H,15,16). The van der Waals surface area contributed by atoms with Crippen molar-refractivity contribution in [2.75, 3.05) is 6.54 Å². The maximum Gasteiger partial charge on any atom is 0.0490 e. The first-order chi connectivity index (χ1) is 7.95. The molecule has 0 radical (unpaired) electrons. The first-order valence-corrected chi connectivity index (χ1v) is 6.64. The second kappa shape index (κ2) is 6.69. The fourth-order valence-electron chi connectivity index (χ4n) is 2.54. The highest BCUT2D eigenvalue weighted by atomic mass is 15.1. The molecule has 1 saturated carbocycles. The lowest BCUT2D eigenvalue weighted by molar-refractivity contribution is 0.360. The third-order valence-corrected chi connectivity index (χ3v) is 3.53. The van der Waals surface area contributed by atoms with Crippen molar-refractivity contribution in [2.24, 2.45) is 5.92 Å². The topological polar surface area (TPSA) is 40.7 Å². The van der Waals surface area contributed by atoms with Crippen LogP contribution in [0.4, 0.5) is 0 Å². The number of aromatic amines is 1. The molecular formula is C13H23N3. The van der Waals surface area contributed by atoms with E-state index in [2.05, 4.69) is 15.5 Å². The monoisotopic (exact) mass is 221 g/mol. The van der Waals surface area contributed by atoms with E-state index in [-0.39, 0.29) is 0 Å². The molecule has 2 N–H and O–H groups in total. The Morgan fingerprint density at radius 1 is 1.19 bits per heavy atom. The molecule has 3 nitrogen and oxygen atoms in total. The Hall–Kier alpha value is -0.830. The van der Waals surface area contributed by atoms with Crippen molar-refractivity contribution in [1.82, 2.24) is 15.5 Å². The van der Waals surface area contributed by atoms with Crippen LogP contribution in [0.5, 0.6) is 0 Å². The molecule has 0 amide bonds. The molecule has 0 unspecified atom stereocenters. The maximum absolute atomic E-state index is 3.95. The van der Waals surface area contributed by atoms with Gasteiger partial charge in [-0.2, -0.15) is 5.10 Å². The summed E-state index contributed by atoms with van der Waals surface area (Å²) in [6.07, 6.45) is 11.8. The summed E-state index contributed by atoms with van der Waals surface area (Å²) in [7, 11) is 0. The minimum atomic E-state index is 0.892. The minimum Gasteiger partial charge on any atom is -0.311 e. The summed E-state index contributed by atoms with van der Waals surface area (Å²) in [6.45, 7) is 2.09. The van der Waals surface area contributed by atoms with Crippen LogP contribution in [0.2, 0.25) is 0 Å². The van der Waals surface area contributed by atoms with Gasteiger partial charge in [0.2, 0.25) is 0 Å². The van der Waals surface area contributed by atoms with Gasteiger partial charge in [-0.25, -0.2) is 0 Å². The average Bonchev–Trinajstić information content (AvgIpc) is 2.73. The first kappa shape index (κ1) is 11.6. The minimum absolute atomic E-state index is 0.892. The molecule has 0 saturated heterocycles. The van der Waals surface area contributed by atoms with E-state index in [4.69, 9.17) is 0 Å². The van der Waals surface area contributed by atoms with Gasteiger partial charge in [0, 0.05) is 18.4 Å². The summed E-state index contributed by atoms with van der Waals surface area (Å²) in [5.41, 5.74) is 1.19. The van der Waals surface area contributed by atoms with E-state index in [9.17, 15) is 0 Å². The average molecular weight is 221 g/mol. The molecule has 3 heteroatoms. The number of aromatic nitrogens is 2. The normalized spacial score (nSPS) is 19.2. The van der Waals surface area contributed by atoms with Crippen molar-refractivity contribution in [1.29, 1.82) is 0 Å². The van der Waals surface area contributed by atoms with Crippen molar-refractivity contribution >= 4 is 0 Å². The first-order valence-electron chi connectivity index (χ1n) is 6.64. The molecule has 90 valence electrons. The summed E-state index contributed by atoms with van der Waals surface area (Å²) in [6, 6.07) is 2.03. The number of hydrogen-bond acceptors (Lipinski definition) is 2. The Morgan fingerprint density at radius 2 is 1.94 bits per heavy atom. The molecule has 1 aliphatic rings. The predicted molar refractivity (Wildman–Crippen MR) is 66.1 cm³/mol. The number of H-pyrrole nitrogens is 1. The zero-order chi connectivity index (χ0) is 11.1. The van der Waals surface area contributed by atoms with Gasteiger partial charge in [-0.3, -0.25) is 5.10 Å². The van der Waals surface area contributed by atoms with Crippen molar-refractivity contribution < 1.29 is 0 Å². The van der Waals surface area contributed by atoms with E-state index in [1.165, 1.54) is 57.2 Å². The largest absolute Gasteiger partial charge is 0.311 e. The summed E-state index contributed by atoms with van der Waals surface area (Å²) in [5.74, 6) is 0.892. The number of rotatable bonds is 4. The Bertz CT molecular complexity index is 261. The van der Waals surface area contributed by atoms with Gasteiger partial charge >= 0.3 is 0 Å². The molecule has 2 rings (SSSR count). The van der Waals surface area contributed by atoms with Gasteiger partial charge in [-0.05, 0) is 31.4 Å². The number of nitrogens with zero attached hydrogens (tertiary/aromatic N) is 1. The highest BCUT2D eigenvalue weighted by Crippen LogP contribution is 2.21. The van der Waals surface area contributed by atoms with Gasteiger partial charge in [0.05, 0.1) is 0 Å². The van der Waals surface area contributed by atoms with Crippen LogP contribution in [0.1, 0.15) is 50.6 Å². The SMILES string of the molecule is c1cc(CNCC2CCCCCCC2)[nH]n1. The van der Waals surface area contributed by atoms with Crippen molar-refractivity contribution in [2.45, 2.75) is 51.5 Å². The summed E-state index contributed by atoms with van der Waals surface area (Å²) in [5, 5.41) is 10.5. The van der Waals surface area contributed by atoms with Gasteiger partial charge in [-0.1, -0.05) is 32.1 Å². The Kier molecular flexibility index (Phi) is 4.87. The molecular weight excluding hydrogens is 198 g/mol. The summed E-state index contributed by atoms with van der Waals surface area (Å²) < 4.78 is 0. The Labute approximate surface area is 98.0 Å². The van der Waals surface area contributed by atoms with Gasteiger partial charge in [0.1, 0.15) is 0 Å². The van der Waals surface area contributed by atoms with Crippen LogP contribution < -0.4 is 5.32 Å². The fourth-order valence-corrected chi connectivity index (χ4v) is 2.54. The van der Waals surface area contributed by atoms with Crippen LogP contribution in [-0.4, -0.2) is 16.7 Å². The van der Waals surface area contributed by atoms with E-state index >= 15 is 0 Å².